The predicted octanol–water partition coefficient (Wildman–Crippen LogP) is 3.80. The molecule has 2 N–H and O–H groups in total. The van der Waals surface area contributed by atoms with Crippen molar-refractivity contribution in [2.24, 2.45) is 4.99 Å². The average molecular weight is 439 g/mol. The van der Waals surface area contributed by atoms with Crippen LogP contribution in [0.25, 0.3) is 0 Å². The number of carbonyl (C=O) groups is 1. The first-order chi connectivity index (χ1) is 15.7. The fourth-order valence-electron chi connectivity index (χ4n) is 3.59. The van der Waals surface area contributed by atoms with Gasteiger partial charge in [-0.05, 0) is 36.6 Å². The zero-order valence-electron chi connectivity index (χ0n) is 19.1. The predicted molar refractivity (Wildman–Crippen MR) is 128 cm³/mol. The van der Waals surface area contributed by atoms with Crippen LogP contribution in [0.3, 0.4) is 0 Å². The summed E-state index contributed by atoms with van der Waals surface area (Å²) >= 11 is 0. The fraction of sp³-hybridized carbons (Fsp3) is 0.440. The third-order valence-corrected chi connectivity index (χ3v) is 5.21. The lowest BCUT2D eigenvalue weighted by molar-refractivity contribution is -0.131. The number of carbonyl (C=O) groups excluding carboxylic acids is 1. The highest BCUT2D eigenvalue weighted by Gasteiger charge is 2.22. The molecule has 172 valence electrons. The van der Waals surface area contributed by atoms with E-state index in [0.717, 1.165) is 24.4 Å². The number of guanidine groups is 1. The van der Waals surface area contributed by atoms with E-state index < -0.39 is 0 Å². The lowest BCUT2D eigenvalue weighted by atomic mass is 10.1. The molecule has 1 heterocycles. The standard InChI is InChI=1S/C25H34N4O3/c1-3-26-25(28-22-11-6-12-23(17-22)32-16-8-15-31-2)27-14-7-13-24(30)29-18-20-9-4-5-10-21(20)19-29/h4-6,9-12,17H,3,7-8,13-16,18-19H2,1-2H3,(H2,26,27,28). The molecule has 0 radical (unpaired) electrons. The molecule has 0 atom stereocenters. The molecular formula is C25H34N4O3. The summed E-state index contributed by atoms with van der Waals surface area (Å²) in [5.41, 5.74) is 3.41. The SMILES string of the molecule is CCNC(=NCCCC(=O)N1Cc2ccccc2C1)Nc1cccc(OCCCOC)c1. The van der Waals surface area contributed by atoms with Gasteiger partial charge in [0.25, 0.3) is 0 Å². The number of hydrogen-bond acceptors (Lipinski definition) is 4. The Labute approximate surface area is 190 Å². The maximum absolute atomic E-state index is 12.6. The summed E-state index contributed by atoms with van der Waals surface area (Å²) in [7, 11) is 1.69. The van der Waals surface area contributed by atoms with Gasteiger partial charge in [0.1, 0.15) is 5.75 Å². The smallest absolute Gasteiger partial charge is 0.223 e. The average Bonchev–Trinajstić information content (AvgIpc) is 3.24. The van der Waals surface area contributed by atoms with E-state index in [-0.39, 0.29) is 5.91 Å². The molecule has 0 saturated heterocycles. The van der Waals surface area contributed by atoms with Gasteiger partial charge in [-0.2, -0.15) is 0 Å². The van der Waals surface area contributed by atoms with E-state index in [0.29, 0.717) is 51.6 Å². The van der Waals surface area contributed by atoms with Crippen molar-refractivity contribution in [3.63, 3.8) is 0 Å². The van der Waals surface area contributed by atoms with Crippen molar-refractivity contribution < 1.29 is 14.3 Å². The van der Waals surface area contributed by atoms with E-state index in [1.807, 2.05) is 48.2 Å². The molecule has 1 aliphatic rings. The van der Waals surface area contributed by atoms with Gasteiger partial charge < -0.3 is 25.0 Å². The maximum Gasteiger partial charge on any atom is 0.223 e. The molecule has 0 spiro atoms. The largest absolute Gasteiger partial charge is 0.493 e. The van der Waals surface area contributed by atoms with Crippen LogP contribution in [0.4, 0.5) is 5.69 Å². The molecule has 2 aromatic carbocycles. The Morgan fingerprint density at radius 3 is 2.56 bits per heavy atom. The Bertz CT molecular complexity index is 875. The van der Waals surface area contributed by atoms with Crippen LogP contribution in [-0.4, -0.2) is 50.2 Å². The molecule has 1 amide bonds. The first-order valence-electron chi connectivity index (χ1n) is 11.3. The van der Waals surface area contributed by atoms with Gasteiger partial charge in [-0.15, -0.1) is 0 Å². The highest BCUT2D eigenvalue weighted by atomic mass is 16.5. The van der Waals surface area contributed by atoms with E-state index in [9.17, 15) is 4.79 Å². The number of ether oxygens (including phenoxy) is 2. The second-order valence-electron chi connectivity index (χ2n) is 7.73. The third-order valence-electron chi connectivity index (χ3n) is 5.21. The summed E-state index contributed by atoms with van der Waals surface area (Å²) in [5, 5.41) is 6.57. The normalized spacial score (nSPS) is 13.1. The number of nitrogens with zero attached hydrogens (tertiary/aromatic N) is 2. The van der Waals surface area contributed by atoms with Gasteiger partial charge in [-0.1, -0.05) is 30.3 Å². The number of rotatable bonds is 11. The van der Waals surface area contributed by atoms with Crippen molar-refractivity contribution in [2.45, 2.75) is 39.3 Å². The Morgan fingerprint density at radius 1 is 1.06 bits per heavy atom. The Hall–Kier alpha value is -3.06. The third kappa shape index (κ3) is 7.27. The lowest BCUT2D eigenvalue weighted by Gasteiger charge is -2.15. The summed E-state index contributed by atoms with van der Waals surface area (Å²) in [4.78, 5) is 19.1. The molecule has 7 heteroatoms. The van der Waals surface area contributed by atoms with Crippen LogP contribution in [-0.2, 0) is 22.6 Å². The molecule has 32 heavy (non-hydrogen) atoms. The van der Waals surface area contributed by atoms with Gasteiger partial charge >= 0.3 is 0 Å². The van der Waals surface area contributed by atoms with Gasteiger partial charge in [0.15, 0.2) is 5.96 Å². The Balaban J connectivity index is 1.45. The van der Waals surface area contributed by atoms with Crippen LogP contribution >= 0.6 is 0 Å². The van der Waals surface area contributed by atoms with Crippen LogP contribution in [0.2, 0.25) is 0 Å². The van der Waals surface area contributed by atoms with Crippen molar-refractivity contribution in [3.05, 3.63) is 59.7 Å². The number of fused-ring (bicyclic) bond motifs is 1. The van der Waals surface area contributed by atoms with Gasteiger partial charge in [-0.25, -0.2) is 0 Å². The molecule has 3 rings (SSSR count). The number of nitrogens with one attached hydrogen (secondary N) is 2. The van der Waals surface area contributed by atoms with Crippen LogP contribution in [0.1, 0.15) is 37.3 Å². The number of hydrogen-bond donors (Lipinski definition) is 2. The number of amides is 1. The van der Waals surface area contributed by atoms with Crippen molar-refractivity contribution in [3.8, 4) is 5.75 Å². The minimum atomic E-state index is 0.188. The lowest BCUT2D eigenvalue weighted by Crippen LogP contribution is -2.31. The van der Waals surface area contributed by atoms with E-state index in [4.69, 9.17) is 9.47 Å². The molecule has 0 aliphatic carbocycles. The van der Waals surface area contributed by atoms with Gasteiger partial charge in [0, 0.05) is 64.5 Å². The monoisotopic (exact) mass is 438 g/mol. The molecule has 0 saturated carbocycles. The van der Waals surface area contributed by atoms with Crippen LogP contribution in [0.15, 0.2) is 53.5 Å². The summed E-state index contributed by atoms with van der Waals surface area (Å²) in [5.74, 6) is 1.69. The second kappa shape index (κ2) is 12.7. The zero-order chi connectivity index (χ0) is 22.6. The van der Waals surface area contributed by atoms with Crippen LogP contribution in [0.5, 0.6) is 5.75 Å². The minimum Gasteiger partial charge on any atom is -0.493 e. The van der Waals surface area contributed by atoms with E-state index >= 15 is 0 Å². The summed E-state index contributed by atoms with van der Waals surface area (Å²) in [6, 6.07) is 16.1. The Kier molecular flexibility index (Phi) is 9.37. The van der Waals surface area contributed by atoms with Crippen molar-refractivity contribution >= 4 is 17.6 Å². The van der Waals surface area contributed by atoms with E-state index in [2.05, 4.69) is 27.8 Å². The first kappa shape index (κ1) is 23.6. The first-order valence-corrected chi connectivity index (χ1v) is 11.3. The molecule has 0 unspecified atom stereocenters. The van der Waals surface area contributed by atoms with E-state index in [1.165, 1.54) is 11.1 Å². The van der Waals surface area contributed by atoms with Crippen molar-refractivity contribution in [2.75, 3.05) is 38.7 Å². The topological polar surface area (TPSA) is 75.2 Å². The van der Waals surface area contributed by atoms with Gasteiger partial charge in [0.05, 0.1) is 6.61 Å². The maximum atomic E-state index is 12.6. The molecule has 2 aromatic rings. The molecule has 0 bridgehead atoms. The molecular weight excluding hydrogens is 404 g/mol. The van der Waals surface area contributed by atoms with Gasteiger partial charge in [0.2, 0.25) is 5.91 Å². The summed E-state index contributed by atoms with van der Waals surface area (Å²) in [6.45, 7) is 6.09. The number of anilines is 1. The highest BCUT2D eigenvalue weighted by molar-refractivity contribution is 5.93. The summed E-state index contributed by atoms with van der Waals surface area (Å²) in [6.07, 6.45) is 2.06. The molecule has 0 fully saturated rings. The quantitative estimate of drug-likeness (QED) is 0.317. The van der Waals surface area contributed by atoms with Crippen LogP contribution < -0.4 is 15.4 Å². The molecule has 7 nitrogen and oxygen atoms in total. The van der Waals surface area contributed by atoms with Crippen LogP contribution in [0, 0.1) is 0 Å². The van der Waals surface area contributed by atoms with Gasteiger partial charge in [-0.3, -0.25) is 9.79 Å². The highest BCUT2D eigenvalue weighted by Crippen LogP contribution is 2.23. The number of benzene rings is 2. The van der Waals surface area contributed by atoms with E-state index in [1.54, 1.807) is 7.11 Å². The zero-order valence-corrected chi connectivity index (χ0v) is 19.1. The minimum absolute atomic E-state index is 0.188. The van der Waals surface area contributed by atoms with Crippen molar-refractivity contribution in [1.82, 2.24) is 10.2 Å². The second-order valence-corrected chi connectivity index (χ2v) is 7.73. The summed E-state index contributed by atoms with van der Waals surface area (Å²) < 4.78 is 10.8. The Morgan fingerprint density at radius 2 is 1.84 bits per heavy atom. The number of aliphatic imine (C=N–C) groups is 1. The molecule has 0 aromatic heterocycles. The fourth-order valence-corrected chi connectivity index (χ4v) is 3.59. The van der Waals surface area contributed by atoms with Crippen molar-refractivity contribution in [1.29, 1.82) is 0 Å². The number of methoxy groups -OCH3 is 1. The molecule has 1 aliphatic heterocycles.